The number of hydrogen-bond donors (Lipinski definition) is 1. The summed E-state index contributed by atoms with van der Waals surface area (Å²) in [5, 5.41) is 0. The van der Waals surface area contributed by atoms with Gasteiger partial charge in [-0.05, 0) is 38.7 Å². The Balaban J connectivity index is 1.91. The highest BCUT2D eigenvalue weighted by atomic mass is 32.5. The number of ether oxygens (including phenoxy) is 2. The van der Waals surface area contributed by atoms with Gasteiger partial charge in [-0.1, -0.05) is 116 Å². The first-order chi connectivity index (χ1) is 20.0. The van der Waals surface area contributed by atoms with Crippen LogP contribution in [0.1, 0.15) is 137 Å². The van der Waals surface area contributed by atoms with Gasteiger partial charge in [0.2, 0.25) is 0 Å². The third-order valence-corrected chi connectivity index (χ3v) is 9.21. The van der Waals surface area contributed by atoms with E-state index < -0.39 is 36.9 Å². The van der Waals surface area contributed by atoms with E-state index in [0.717, 1.165) is 19.3 Å². The minimum absolute atomic E-state index is 0.126. The zero-order chi connectivity index (χ0) is 31.0. The van der Waals surface area contributed by atoms with Gasteiger partial charge in [-0.2, -0.15) is 4.98 Å². The molecular formula is C31H57N3O6PS-. The third kappa shape index (κ3) is 14.3. The van der Waals surface area contributed by atoms with Crippen molar-refractivity contribution < 1.29 is 23.4 Å². The lowest BCUT2D eigenvalue weighted by molar-refractivity contribution is -0.218. The van der Waals surface area contributed by atoms with Crippen molar-refractivity contribution in [2.24, 2.45) is 5.92 Å². The molecule has 5 atom stereocenters. The maximum absolute atomic E-state index is 13.1. The average molecular weight is 631 g/mol. The second kappa shape index (κ2) is 20.2. The number of aromatic nitrogens is 2. The number of nitrogens with zero attached hydrogens (tertiary/aromatic N) is 2. The maximum Gasteiger partial charge on any atom is 0.351 e. The van der Waals surface area contributed by atoms with Crippen LogP contribution in [0.25, 0.3) is 0 Å². The predicted molar refractivity (Wildman–Crippen MR) is 172 cm³/mol. The van der Waals surface area contributed by atoms with Gasteiger partial charge in [-0.15, -0.1) is 0 Å². The minimum Gasteiger partial charge on any atom is -0.780 e. The van der Waals surface area contributed by atoms with E-state index in [-0.39, 0.29) is 17.8 Å². The van der Waals surface area contributed by atoms with Crippen LogP contribution in [0.15, 0.2) is 17.1 Å². The molecule has 42 heavy (non-hydrogen) atoms. The molecule has 0 spiro atoms. The Morgan fingerprint density at radius 3 is 2.02 bits per heavy atom. The van der Waals surface area contributed by atoms with Crippen LogP contribution >= 0.6 is 6.72 Å². The van der Waals surface area contributed by atoms with Crippen LogP contribution in [0.4, 0.5) is 5.82 Å². The van der Waals surface area contributed by atoms with E-state index in [9.17, 15) is 9.69 Å². The number of rotatable bonds is 23. The van der Waals surface area contributed by atoms with Crippen molar-refractivity contribution in [3.05, 3.63) is 22.7 Å². The van der Waals surface area contributed by atoms with Crippen LogP contribution in [0, 0.1) is 5.92 Å². The molecule has 1 saturated heterocycles. The van der Waals surface area contributed by atoms with Crippen LogP contribution in [0.5, 0.6) is 0 Å². The van der Waals surface area contributed by atoms with Gasteiger partial charge in [0.15, 0.2) is 6.23 Å². The predicted octanol–water partition coefficient (Wildman–Crippen LogP) is 7.03. The number of unbranched alkanes of at least 4 members (excludes halogenated alkanes) is 13. The summed E-state index contributed by atoms with van der Waals surface area (Å²) in [4.78, 5) is 29.7. The van der Waals surface area contributed by atoms with Crippen molar-refractivity contribution in [1.82, 2.24) is 9.55 Å². The molecule has 1 aliphatic heterocycles. The molecule has 0 radical (unpaired) electrons. The highest BCUT2D eigenvalue weighted by Gasteiger charge is 2.48. The Kier molecular flexibility index (Phi) is 18.0. The molecule has 2 heterocycles. The highest BCUT2D eigenvalue weighted by Crippen LogP contribution is 2.47. The van der Waals surface area contributed by atoms with E-state index >= 15 is 0 Å². The molecule has 0 saturated carbocycles. The van der Waals surface area contributed by atoms with Crippen LogP contribution in [-0.4, -0.2) is 40.6 Å². The van der Waals surface area contributed by atoms with Crippen LogP contribution < -0.4 is 16.3 Å². The van der Waals surface area contributed by atoms with Gasteiger partial charge >= 0.3 is 5.69 Å². The lowest BCUT2D eigenvalue weighted by Crippen LogP contribution is -2.40. The first kappa shape index (κ1) is 37.3. The van der Waals surface area contributed by atoms with Crippen molar-refractivity contribution in [2.75, 3.05) is 12.3 Å². The van der Waals surface area contributed by atoms with E-state index in [1.54, 1.807) is 26.1 Å². The van der Waals surface area contributed by atoms with Crippen molar-refractivity contribution in [1.29, 1.82) is 0 Å². The van der Waals surface area contributed by atoms with Gasteiger partial charge in [0, 0.05) is 12.8 Å². The Hall–Kier alpha value is -0.870. The number of hydrogen-bond acceptors (Lipinski definition) is 9. The molecule has 1 aliphatic rings. The molecule has 1 fully saturated rings. The molecular weight excluding hydrogens is 573 g/mol. The Labute approximate surface area is 259 Å². The fourth-order valence-corrected chi connectivity index (χ4v) is 7.39. The Morgan fingerprint density at radius 1 is 0.976 bits per heavy atom. The minimum atomic E-state index is -3.83. The standard InChI is InChI=1S/C31H58N3O6PS/c1-6-7-8-9-10-11-12-13-14-15-16-17-18-19-22-37-29-28(40-41(36,42)39-25(4)5)26(23-24(2)3)38-30(29)34-21-20-27(32)33-31(34)35/h20-21,24-26,28-30H,6-19,22-23H2,1-5H3,(H,36,42)(H2,32,33,35)/p-1/t26-,28?,29+,30-,41?/m1/s1. The molecule has 0 aromatic carbocycles. The SMILES string of the molecule is CCCCCCCCCCCCCCCCO[C@H]1C(OP([O-])(=S)OC(C)C)[C@@H](CC(C)C)O[C@H]1n1ccc(N)nc1=O. The molecule has 2 rings (SSSR count). The van der Waals surface area contributed by atoms with Crippen molar-refractivity contribution >= 4 is 24.3 Å². The van der Waals surface area contributed by atoms with Crippen molar-refractivity contribution in [3.8, 4) is 0 Å². The summed E-state index contributed by atoms with van der Waals surface area (Å²) in [6.45, 7) is 6.53. The van der Waals surface area contributed by atoms with E-state index in [4.69, 9.17) is 36.1 Å². The number of nitrogen functional groups attached to an aromatic ring is 1. The summed E-state index contributed by atoms with van der Waals surface area (Å²) in [7, 11) is 0. The monoisotopic (exact) mass is 630 g/mol. The van der Waals surface area contributed by atoms with E-state index in [2.05, 4.69) is 25.8 Å². The summed E-state index contributed by atoms with van der Waals surface area (Å²) < 4.78 is 25.5. The van der Waals surface area contributed by atoms with E-state index in [0.29, 0.717) is 13.0 Å². The van der Waals surface area contributed by atoms with Gasteiger partial charge in [0.05, 0.1) is 12.2 Å². The van der Waals surface area contributed by atoms with Gasteiger partial charge in [0.1, 0.15) is 24.7 Å². The zero-order valence-electron chi connectivity index (χ0n) is 26.7. The van der Waals surface area contributed by atoms with Gasteiger partial charge < -0.3 is 29.1 Å². The molecule has 1 aromatic heterocycles. The molecule has 1 aromatic rings. The lowest BCUT2D eigenvalue weighted by Gasteiger charge is -2.35. The highest BCUT2D eigenvalue weighted by molar-refractivity contribution is 8.06. The Bertz CT molecular complexity index is 978. The first-order valence-corrected chi connectivity index (χ1v) is 18.9. The topological polar surface area (TPSA) is 121 Å². The fraction of sp³-hybridized carbons (Fsp3) is 0.871. The lowest BCUT2D eigenvalue weighted by atomic mass is 10.0. The normalized spacial score (nSPS) is 22.3. The fourth-order valence-electron chi connectivity index (χ4n) is 5.46. The second-order valence-electron chi connectivity index (χ2n) is 12.3. The largest absolute Gasteiger partial charge is 0.780 e. The third-order valence-electron chi connectivity index (χ3n) is 7.51. The maximum atomic E-state index is 13.1. The van der Waals surface area contributed by atoms with E-state index in [1.807, 2.05) is 0 Å². The molecule has 244 valence electrons. The van der Waals surface area contributed by atoms with Crippen molar-refractivity contribution in [2.45, 2.75) is 162 Å². The molecule has 2 N–H and O–H groups in total. The molecule has 0 amide bonds. The summed E-state index contributed by atoms with van der Waals surface area (Å²) in [5.41, 5.74) is 5.17. The quantitative estimate of drug-likeness (QED) is 0.100. The first-order valence-electron chi connectivity index (χ1n) is 16.3. The van der Waals surface area contributed by atoms with Gasteiger partial charge in [-0.3, -0.25) is 4.57 Å². The Morgan fingerprint density at radius 2 is 1.52 bits per heavy atom. The van der Waals surface area contributed by atoms with Gasteiger partial charge in [0.25, 0.3) is 0 Å². The molecule has 2 unspecified atom stereocenters. The summed E-state index contributed by atoms with van der Waals surface area (Å²) in [5.74, 6) is 0.379. The molecule has 9 nitrogen and oxygen atoms in total. The summed E-state index contributed by atoms with van der Waals surface area (Å²) in [6, 6.07) is 1.54. The smallest absolute Gasteiger partial charge is 0.351 e. The number of anilines is 1. The van der Waals surface area contributed by atoms with E-state index in [1.165, 1.54) is 75.2 Å². The molecule has 0 bridgehead atoms. The summed E-state index contributed by atoms with van der Waals surface area (Å²) in [6.07, 6.45) is 16.8. The summed E-state index contributed by atoms with van der Waals surface area (Å²) >= 11 is 5.23. The molecule has 11 heteroatoms. The average Bonchev–Trinajstić information content (AvgIpc) is 3.20. The van der Waals surface area contributed by atoms with Crippen LogP contribution in [0.2, 0.25) is 0 Å². The number of nitrogens with two attached hydrogens (primary N) is 1. The van der Waals surface area contributed by atoms with Gasteiger partial charge in [-0.25, -0.2) is 4.79 Å². The van der Waals surface area contributed by atoms with Crippen LogP contribution in [0.3, 0.4) is 0 Å². The van der Waals surface area contributed by atoms with Crippen LogP contribution in [-0.2, 0) is 30.3 Å². The van der Waals surface area contributed by atoms with Crippen molar-refractivity contribution in [3.63, 3.8) is 0 Å². The zero-order valence-corrected chi connectivity index (χ0v) is 28.4. The second-order valence-corrected chi connectivity index (χ2v) is 15.0. The molecule has 0 aliphatic carbocycles.